The van der Waals surface area contributed by atoms with Gasteiger partial charge in [-0.2, -0.15) is 0 Å². The second-order valence-electron chi connectivity index (χ2n) is 8.19. The number of carbonyl (C=O) groups excluding carboxylic acids is 1. The lowest BCUT2D eigenvalue weighted by Gasteiger charge is -2.18. The molecule has 3 aromatic rings. The van der Waals surface area contributed by atoms with Gasteiger partial charge in [-0.15, -0.1) is 0 Å². The number of ether oxygens (including phenoxy) is 2. The van der Waals surface area contributed by atoms with Crippen molar-refractivity contribution in [2.75, 3.05) is 26.4 Å². The molecule has 3 N–H and O–H groups in total. The number of benzene rings is 2. The largest absolute Gasteiger partial charge is 0.491 e. The second kappa shape index (κ2) is 11.3. The number of aromatic nitrogens is 1. The number of nitrogens with one attached hydrogen (secondary N) is 1. The van der Waals surface area contributed by atoms with Crippen molar-refractivity contribution >= 4 is 16.9 Å². The van der Waals surface area contributed by atoms with E-state index in [1.807, 2.05) is 67.8 Å². The highest BCUT2D eigenvalue weighted by molar-refractivity contribution is 6.07. The highest BCUT2D eigenvalue weighted by Crippen LogP contribution is 2.32. The molecule has 33 heavy (non-hydrogen) atoms. The Morgan fingerprint density at radius 3 is 2.48 bits per heavy atom. The van der Waals surface area contributed by atoms with Crippen molar-refractivity contribution in [1.82, 2.24) is 9.88 Å². The van der Waals surface area contributed by atoms with Crippen LogP contribution in [0.3, 0.4) is 0 Å². The molecule has 0 aliphatic rings. The first kappa shape index (κ1) is 24.8. The maximum absolute atomic E-state index is 12.8. The smallest absolute Gasteiger partial charge is 0.340 e. The van der Waals surface area contributed by atoms with Crippen LogP contribution in [0.2, 0.25) is 0 Å². The van der Waals surface area contributed by atoms with Crippen molar-refractivity contribution in [2.45, 2.75) is 46.3 Å². The Bertz CT molecular complexity index is 1070. The Morgan fingerprint density at radius 2 is 1.85 bits per heavy atom. The third-order valence-electron chi connectivity index (χ3n) is 5.74. The van der Waals surface area contributed by atoms with Gasteiger partial charge in [0.25, 0.3) is 0 Å². The lowest BCUT2D eigenvalue weighted by Crippen LogP contribution is -2.39. The molecule has 0 saturated carbocycles. The number of esters is 1. The predicted octanol–water partition coefficient (Wildman–Crippen LogP) is 3.52. The number of aliphatic hydroxyl groups is 2. The summed E-state index contributed by atoms with van der Waals surface area (Å²) in [5.74, 6) is 0.184. The first-order valence-corrected chi connectivity index (χ1v) is 11.4. The van der Waals surface area contributed by atoms with Crippen LogP contribution in [0.15, 0.2) is 42.5 Å². The van der Waals surface area contributed by atoms with Gasteiger partial charge in [-0.05, 0) is 57.5 Å². The van der Waals surface area contributed by atoms with Crippen molar-refractivity contribution in [1.29, 1.82) is 0 Å². The first-order valence-electron chi connectivity index (χ1n) is 11.4. The Kier molecular flexibility index (Phi) is 8.49. The van der Waals surface area contributed by atoms with Crippen LogP contribution < -0.4 is 10.1 Å². The summed E-state index contributed by atoms with van der Waals surface area (Å²) in [4.78, 5) is 12.8. The van der Waals surface area contributed by atoms with Gasteiger partial charge in [0.05, 0.1) is 24.3 Å². The third kappa shape index (κ3) is 5.74. The number of aryl methyl sites for hydroxylation is 1. The molecule has 0 spiro atoms. The van der Waals surface area contributed by atoms with E-state index in [-0.39, 0.29) is 31.8 Å². The Balaban J connectivity index is 1.90. The fourth-order valence-corrected chi connectivity index (χ4v) is 3.87. The van der Waals surface area contributed by atoms with Crippen LogP contribution in [0.1, 0.15) is 41.9 Å². The average molecular weight is 455 g/mol. The SMILES string of the molecule is CCOC(=O)c1c(C)n(-c2ccc(C)cc2)c2ccc(OCC(O)CNC(CC)CO)cc12. The first-order chi connectivity index (χ1) is 15.9. The van der Waals surface area contributed by atoms with E-state index >= 15 is 0 Å². The van der Waals surface area contributed by atoms with E-state index < -0.39 is 6.10 Å². The van der Waals surface area contributed by atoms with Gasteiger partial charge in [0, 0.05) is 29.4 Å². The number of carbonyl (C=O) groups is 1. The molecule has 7 nitrogen and oxygen atoms in total. The molecule has 0 aliphatic heterocycles. The van der Waals surface area contributed by atoms with Crippen LogP contribution in [-0.2, 0) is 4.74 Å². The van der Waals surface area contributed by atoms with Crippen molar-refractivity contribution in [2.24, 2.45) is 0 Å². The molecule has 0 aliphatic carbocycles. The monoisotopic (exact) mass is 454 g/mol. The topological polar surface area (TPSA) is 93.0 Å². The molecule has 2 atom stereocenters. The lowest BCUT2D eigenvalue weighted by atomic mass is 10.1. The molecule has 3 rings (SSSR count). The highest BCUT2D eigenvalue weighted by Gasteiger charge is 2.22. The van der Waals surface area contributed by atoms with Gasteiger partial charge in [-0.3, -0.25) is 0 Å². The molecule has 2 aromatic carbocycles. The van der Waals surface area contributed by atoms with E-state index in [9.17, 15) is 15.0 Å². The average Bonchev–Trinajstić information content (AvgIpc) is 3.10. The molecule has 1 aromatic heterocycles. The number of aliphatic hydroxyl groups excluding tert-OH is 2. The van der Waals surface area contributed by atoms with E-state index in [1.165, 1.54) is 0 Å². The summed E-state index contributed by atoms with van der Waals surface area (Å²) >= 11 is 0. The molecule has 0 bridgehead atoms. The van der Waals surface area contributed by atoms with Crippen LogP contribution in [0, 0.1) is 13.8 Å². The van der Waals surface area contributed by atoms with Gasteiger partial charge < -0.3 is 29.6 Å². The molecular weight excluding hydrogens is 420 g/mol. The molecule has 7 heteroatoms. The summed E-state index contributed by atoms with van der Waals surface area (Å²) in [7, 11) is 0. The molecule has 0 saturated heterocycles. The zero-order valence-electron chi connectivity index (χ0n) is 19.8. The van der Waals surface area contributed by atoms with E-state index in [2.05, 4.69) is 5.32 Å². The summed E-state index contributed by atoms with van der Waals surface area (Å²) in [6.45, 7) is 8.42. The zero-order chi connectivity index (χ0) is 24.0. The number of fused-ring (bicyclic) bond motifs is 1. The molecule has 1 heterocycles. The van der Waals surface area contributed by atoms with E-state index in [0.717, 1.165) is 34.3 Å². The summed E-state index contributed by atoms with van der Waals surface area (Å²) < 4.78 is 13.2. The number of hydrogen-bond acceptors (Lipinski definition) is 6. The number of nitrogens with zero attached hydrogens (tertiary/aromatic N) is 1. The van der Waals surface area contributed by atoms with Gasteiger partial charge in [0.1, 0.15) is 18.5 Å². The van der Waals surface area contributed by atoms with Crippen LogP contribution in [0.4, 0.5) is 0 Å². The minimum atomic E-state index is -0.732. The van der Waals surface area contributed by atoms with Gasteiger partial charge in [-0.25, -0.2) is 4.79 Å². The Labute approximate surface area is 194 Å². The summed E-state index contributed by atoms with van der Waals surface area (Å²) in [5.41, 5.74) is 4.30. The van der Waals surface area contributed by atoms with Crippen molar-refractivity contribution in [3.63, 3.8) is 0 Å². The van der Waals surface area contributed by atoms with E-state index in [1.54, 1.807) is 6.92 Å². The van der Waals surface area contributed by atoms with Gasteiger partial charge >= 0.3 is 5.97 Å². The second-order valence-corrected chi connectivity index (χ2v) is 8.19. The highest BCUT2D eigenvalue weighted by atomic mass is 16.5. The molecule has 178 valence electrons. The third-order valence-corrected chi connectivity index (χ3v) is 5.74. The lowest BCUT2D eigenvalue weighted by molar-refractivity contribution is 0.0527. The number of hydrogen-bond donors (Lipinski definition) is 3. The zero-order valence-corrected chi connectivity index (χ0v) is 19.8. The van der Waals surface area contributed by atoms with Crippen LogP contribution in [-0.4, -0.2) is 59.3 Å². The quantitative estimate of drug-likeness (QED) is 0.384. The van der Waals surface area contributed by atoms with Gasteiger partial charge in [0.2, 0.25) is 0 Å². The maximum atomic E-state index is 12.8. The Morgan fingerprint density at radius 1 is 1.12 bits per heavy atom. The van der Waals surface area contributed by atoms with Crippen LogP contribution in [0.25, 0.3) is 16.6 Å². The van der Waals surface area contributed by atoms with E-state index in [4.69, 9.17) is 9.47 Å². The van der Waals surface area contributed by atoms with E-state index in [0.29, 0.717) is 17.9 Å². The maximum Gasteiger partial charge on any atom is 0.340 e. The van der Waals surface area contributed by atoms with Crippen LogP contribution in [0.5, 0.6) is 5.75 Å². The summed E-state index contributed by atoms with van der Waals surface area (Å²) in [6, 6.07) is 13.7. The molecule has 2 unspecified atom stereocenters. The molecule has 0 amide bonds. The summed E-state index contributed by atoms with van der Waals surface area (Å²) in [5, 5.41) is 23.4. The fourth-order valence-electron chi connectivity index (χ4n) is 3.87. The minimum absolute atomic E-state index is 0.0225. The normalized spacial score (nSPS) is 13.2. The number of rotatable bonds is 11. The minimum Gasteiger partial charge on any atom is -0.491 e. The summed E-state index contributed by atoms with van der Waals surface area (Å²) in [6.07, 6.45) is 0.0408. The van der Waals surface area contributed by atoms with Crippen molar-refractivity contribution < 1.29 is 24.5 Å². The van der Waals surface area contributed by atoms with Gasteiger partial charge in [0.15, 0.2) is 0 Å². The molecular formula is C26H34N2O5. The predicted molar refractivity (Wildman–Crippen MR) is 129 cm³/mol. The van der Waals surface area contributed by atoms with Crippen molar-refractivity contribution in [3.05, 3.63) is 59.3 Å². The van der Waals surface area contributed by atoms with Crippen LogP contribution >= 0.6 is 0 Å². The molecule has 0 radical (unpaired) electrons. The standard InChI is InChI=1S/C26H34N2O5/c1-5-19(15-29)27-14-21(30)16-33-22-11-12-24-23(13-22)25(26(31)32-6-2)18(4)28(24)20-9-7-17(3)8-10-20/h7-13,19,21,27,29-30H,5-6,14-16H2,1-4H3. The van der Waals surface area contributed by atoms with Crippen molar-refractivity contribution in [3.8, 4) is 11.4 Å². The molecule has 0 fully saturated rings. The van der Waals surface area contributed by atoms with Gasteiger partial charge in [-0.1, -0.05) is 24.6 Å². The Hall–Kier alpha value is -2.87. The fraction of sp³-hybridized carbons (Fsp3) is 0.423.